The Bertz CT molecular complexity index is 800. The van der Waals surface area contributed by atoms with Crippen LogP contribution in [0.15, 0.2) is 23.3 Å². The summed E-state index contributed by atoms with van der Waals surface area (Å²) in [6.45, 7) is 3.54. The van der Waals surface area contributed by atoms with Crippen molar-refractivity contribution in [1.29, 1.82) is 0 Å². The molecule has 0 saturated carbocycles. The monoisotopic (exact) mass is 325 g/mol. The lowest BCUT2D eigenvalue weighted by molar-refractivity contribution is 0.472. The van der Waals surface area contributed by atoms with Gasteiger partial charge in [0.2, 0.25) is 0 Å². The molecule has 6 nitrogen and oxygen atoms in total. The third kappa shape index (κ3) is 2.92. The molecule has 0 radical (unpaired) electrons. The molecule has 1 fully saturated rings. The van der Waals surface area contributed by atoms with Gasteiger partial charge in [-0.05, 0) is 51.0 Å². The van der Waals surface area contributed by atoms with E-state index in [-0.39, 0.29) is 11.6 Å². The maximum atomic E-state index is 12.4. The lowest BCUT2D eigenvalue weighted by atomic mass is 9.97. The second kappa shape index (κ2) is 6.34. The molecule has 1 atom stereocenters. The van der Waals surface area contributed by atoms with Gasteiger partial charge in [-0.15, -0.1) is 0 Å². The highest BCUT2D eigenvalue weighted by atomic mass is 16.1. The van der Waals surface area contributed by atoms with Gasteiger partial charge in [0.15, 0.2) is 0 Å². The van der Waals surface area contributed by atoms with Crippen LogP contribution in [0.5, 0.6) is 0 Å². The van der Waals surface area contributed by atoms with Gasteiger partial charge in [0.1, 0.15) is 5.82 Å². The first kappa shape index (κ1) is 15.3. The zero-order chi connectivity index (χ0) is 16.5. The van der Waals surface area contributed by atoms with E-state index in [1.807, 2.05) is 13.1 Å². The summed E-state index contributed by atoms with van der Waals surface area (Å²) < 4.78 is 1.66. The van der Waals surface area contributed by atoms with Gasteiger partial charge in [0, 0.05) is 18.8 Å². The first-order valence-corrected chi connectivity index (χ1v) is 8.86. The van der Waals surface area contributed by atoms with E-state index in [2.05, 4.69) is 20.0 Å². The Kier molecular flexibility index (Phi) is 4.04. The standard InChI is InChI=1S/C18H23N5O/c1-13-10-19-11-17(20-13)22-8-4-6-15(22)12-23-18(24)9-14-5-2-3-7-16(14)21-23/h9-11,15H,2-8,12H2,1H3. The van der Waals surface area contributed by atoms with Crippen molar-refractivity contribution in [2.75, 3.05) is 11.4 Å². The SMILES string of the molecule is Cc1cncc(N2CCCC2Cn2nc3c(cc2=O)CCCC3)n1. The van der Waals surface area contributed by atoms with Crippen molar-refractivity contribution in [2.45, 2.75) is 58.0 Å². The van der Waals surface area contributed by atoms with Crippen molar-refractivity contribution >= 4 is 5.82 Å². The van der Waals surface area contributed by atoms with E-state index in [1.54, 1.807) is 16.9 Å². The summed E-state index contributed by atoms with van der Waals surface area (Å²) in [4.78, 5) is 23.6. The average Bonchev–Trinajstić information content (AvgIpc) is 3.04. The number of fused-ring (bicyclic) bond motifs is 1. The molecule has 1 saturated heterocycles. The third-order valence-corrected chi connectivity index (χ3v) is 5.07. The van der Waals surface area contributed by atoms with Crippen LogP contribution in [0.2, 0.25) is 0 Å². The topological polar surface area (TPSA) is 63.9 Å². The number of aryl methyl sites for hydroxylation is 3. The summed E-state index contributed by atoms with van der Waals surface area (Å²) in [5, 5.41) is 4.66. The summed E-state index contributed by atoms with van der Waals surface area (Å²) in [5.74, 6) is 0.906. The summed E-state index contributed by atoms with van der Waals surface area (Å²) in [6.07, 6.45) is 10.1. The minimum atomic E-state index is 0.0258. The van der Waals surface area contributed by atoms with Gasteiger partial charge in [0.25, 0.3) is 5.56 Å². The molecule has 0 N–H and O–H groups in total. The first-order valence-electron chi connectivity index (χ1n) is 8.86. The molecule has 2 aromatic rings. The molecule has 2 aliphatic rings. The Morgan fingerprint density at radius 2 is 2.08 bits per heavy atom. The van der Waals surface area contributed by atoms with Crippen molar-refractivity contribution in [3.05, 3.63) is 45.8 Å². The Morgan fingerprint density at radius 3 is 2.96 bits per heavy atom. The molecular weight excluding hydrogens is 302 g/mol. The van der Waals surface area contributed by atoms with Gasteiger partial charge in [0.05, 0.1) is 30.2 Å². The third-order valence-electron chi connectivity index (χ3n) is 5.07. The Labute approximate surface area is 141 Å². The number of hydrogen-bond donors (Lipinski definition) is 0. The maximum Gasteiger partial charge on any atom is 0.267 e. The first-order chi connectivity index (χ1) is 11.7. The Hall–Kier alpha value is -2.24. The van der Waals surface area contributed by atoms with Gasteiger partial charge in [-0.1, -0.05) is 0 Å². The molecule has 3 heterocycles. The molecule has 0 spiro atoms. The van der Waals surface area contributed by atoms with Crippen LogP contribution >= 0.6 is 0 Å². The zero-order valence-corrected chi connectivity index (χ0v) is 14.1. The van der Waals surface area contributed by atoms with Crippen LogP contribution in [-0.2, 0) is 19.4 Å². The minimum Gasteiger partial charge on any atom is -0.350 e. The Morgan fingerprint density at radius 1 is 1.21 bits per heavy atom. The molecule has 2 aromatic heterocycles. The van der Waals surface area contributed by atoms with E-state index < -0.39 is 0 Å². The van der Waals surface area contributed by atoms with Crippen molar-refractivity contribution in [3.63, 3.8) is 0 Å². The highest BCUT2D eigenvalue weighted by Gasteiger charge is 2.27. The van der Waals surface area contributed by atoms with Crippen LogP contribution in [-0.4, -0.2) is 32.3 Å². The van der Waals surface area contributed by atoms with Gasteiger partial charge in [-0.3, -0.25) is 9.78 Å². The predicted molar refractivity (Wildman–Crippen MR) is 92.3 cm³/mol. The number of aromatic nitrogens is 4. The summed E-state index contributed by atoms with van der Waals surface area (Å²) in [5.41, 5.74) is 3.20. The smallest absolute Gasteiger partial charge is 0.267 e. The second-order valence-corrected chi connectivity index (χ2v) is 6.85. The number of rotatable bonds is 3. The summed E-state index contributed by atoms with van der Waals surface area (Å²) >= 11 is 0. The zero-order valence-electron chi connectivity index (χ0n) is 14.1. The molecule has 0 bridgehead atoms. The molecule has 24 heavy (non-hydrogen) atoms. The highest BCUT2D eigenvalue weighted by molar-refractivity contribution is 5.39. The normalized spacial score (nSPS) is 20.2. The Balaban J connectivity index is 1.59. The van der Waals surface area contributed by atoms with Gasteiger partial charge < -0.3 is 4.90 Å². The maximum absolute atomic E-state index is 12.4. The summed E-state index contributed by atoms with van der Waals surface area (Å²) in [7, 11) is 0. The number of nitrogens with zero attached hydrogens (tertiary/aromatic N) is 5. The lowest BCUT2D eigenvalue weighted by Crippen LogP contribution is -2.38. The van der Waals surface area contributed by atoms with Gasteiger partial charge in [-0.2, -0.15) is 5.10 Å². The van der Waals surface area contributed by atoms with Crippen LogP contribution in [0.3, 0.4) is 0 Å². The molecule has 0 amide bonds. The average molecular weight is 325 g/mol. The van der Waals surface area contributed by atoms with E-state index in [0.717, 1.165) is 55.0 Å². The van der Waals surface area contributed by atoms with E-state index in [0.29, 0.717) is 6.54 Å². The van der Waals surface area contributed by atoms with Gasteiger partial charge in [-0.25, -0.2) is 9.67 Å². The van der Waals surface area contributed by atoms with E-state index >= 15 is 0 Å². The minimum absolute atomic E-state index is 0.0258. The quantitative estimate of drug-likeness (QED) is 0.862. The van der Waals surface area contributed by atoms with Crippen LogP contribution in [0, 0.1) is 6.92 Å². The fourth-order valence-electron chi connectivity index (χ4n) is 3.85. The lowest BCUT2D eigenvalue weighted by Gasteiger charge is -2.26. The van der Waals surface area contributed by atoms with Crippen LogP contribution < -0.4 is 10.5 Å². The van der Waals surface area contributed by atoms with Crippen molar-refractivity contribution in [2.24, 2.45) is 0 Å². The number of anilines is 1. The molecule has 1 aliphatic carbocycles. The molecule has 4 rings (SSSR count). The largest absolute Gasteiger partial charge is 0.350 e. The van der Waals surface area contributed by atoms with Crippen LogP contribution in [0.25, 0.3) is 0 Å². The predicted octanol–water partition coefficient (Wildman–Crippen LogP) is 1.89. The van der Waals surface area contributed by atoms with Gasteiger partial charge >= 0.3 is 0 Å². The fraction of sp³-hybridized carbons (Fsp3) is 0.556. The molecule has 0 aromatic carbocycles. The van der Waals surface area contributed by atoms with E-state index in [4.69, 9.17) is 0 Å². The second-order valence-electron chi connectivity index (χ2n) is 6.85. The van der Waals surface area contributed by atoms with Crippen molar-refractivity contribution in [3.8, 4) is 0 Å². The summed E-state index contributed by atoms with van der Waals surface area (Å²) in [6, 6.07) is 2.06. The molecule has 1 unspecified atom stereocenters. The molecule has 126 valence electrons. The van der Waals surface area contributed by atoms with Crippen molar-refractivity contribution < 1.29 is 0 Å². The van der Waals surface area contributed by atoms with Crippen LogP contribution in [0.4, 0.5) is 5.82 Å². The van der Waals surface area contributed by atoms with E-state index in [9.17, 15) is 4.79 Å². The number of hydrogen-bond acceptors (Lipinski definition) is 5. The molecular formula is C18H23N5O. The fourth-order valence-corrected chi connectivity index (χ4v) is 3.85. The molecule has 6 heteroatoms. The van der Waals surface area contributed by atoms with Crippen molar-refractivity contribution in [1.82, 2.24) is 19.7 Å². The molecule has 1 aliphatic heterocycles. The van der Waals surface area contributed by atoms with E-state index in [1.165, 1.54) is 12.8 Å². The van der Waals surface area contributed by atoms with Crippen LogP contribution in [0.1, 0.15) is 42.6 Å². The highest BCUT2D eigenvalue weighted by Crippen LogP contribution is 2.24.